The summed E-state index contributed by atoms with van der Waals surface area (Å²) in [5.41, 5.74) is 1.78. The molecule has 0 saturated carbocycles. The van der Waals surface area contributed by atoms with Crippen molar-refractivity contribution in [2.24, 2.45) is 0 Å². The molecule has 4 nitrogen and oxygen atoms in total. The Labute approximate surface area is 161 Å². The van der Waals surface area contributed by atoms with Crippen LogP contribution in [0.4, 0.5) is 0 Å². The van der Waals surface area contributed by atoms with Crippen molar-refractivity contribution in [1.82, 2.24) is 9.97 Å². The maximum Gasteiger partial charge on any atom is 0.152 e. The number of allylic oxidation sites excluding steroid dienone is 1. The second-order valence-electron chi connectivity index (χ2n) is 6.24. The number of aromatic amines is 1. The van der Waals surface area contributed by atoms with E-state index in [9.17, 15) is 10.4 Å². The number of nitrogens with zero attached hydrogens (tertiary/aromatic N) is 2. The predicted molar refractivity (Wildman–Crippen MR) is 111 cm³/mol. The lowest BCUT2D eigenvalue weighted by Crippen LogP contribution is -2.04. The highest BCUT2D eigenvalue weighted by Gasteiger charge is 2.19. The van der Waals surface area contributed by atoms with Crippen molar-refractivity contribution < 1.29 is 5.11 Å². The van der Waals surface area contributed by atoms with Gasteiger partial charge in [0.25, 0.3) is 0 Å². The Morgan fingerprint density at radius 1 is 1.07 bits per heavy atom. The number of nitrogens with one attached hydrogen (secondary N) is 1. The number of aromatic nitrogens is 2. The lowest BCUT2D eigenvalue weighted by molar-refractivity contribution is 0.402. The second kappa shape index (κ2) is 7.18. The summed E-state index contributed by atoms with van der Waals surface area (Å²) in [4.78, 5) is 8.58. The van der Waals surface area contributed by atoms with Crippen LogP contribution in [-0.4, -0.2) is 20.3 Å². The van der Waals surface area contributed by atoms with Gasteiger partial charge in [-0.2, -0.15) is 5.26 Å². The van der Waals surface area contributed by atoms with Crippen LogP contribution < -0.4 is 0 Å². The topological polar surface area (TPSA) is 72.7 Å². The summed E-state index contributed by atoms with van der Waals surface area (Å²) >= 11 is 1.51. The fourth-order valence-corrected chi connectivity index (χ4v) is 3.99. The Hall–Kier alpha value is -3.23. The Bertz CT molecular complexity index is 1170. The first-order chi connectivity index (χ1) is 13.2. The van der Waals surface area contributed by atoms with E-state index < -0.39 is 0 Å². The minimum atomic E-state index is -0.283. The van der Waals surface area contributed by atoms with Crippen molar-refractivity contribution in [3.63, 3.8) is 0 Å². The van der Waals surface area contributed by atoms with Gasteiger partial charge in [-0.15, -0.1) is 11.8 Å². The predicted octanol–water partition coefficient (Wildman–Crippen LogP) is 5.69. The molecule has 0 aliphatic rings. The zero-order valence-electron chi connectivity index (χ0n) is 14.7. The van der Waals surface area contributed by atoms with Gasteiger partial charge >= 0.3 is 0 Å². The minimum absolute atomic E-state index is 0.0229. The van der Waals surface area contributed by atoms with E-state index in [1.165, 1.54) is 17.1 Å². The monoisotopic (exact) mass is 371 g/mol. The minimum Gasteiger partial charge on any atom is -0.510 e. The molecule has 0 aliphatic heterocycles. The Balaban J connectivity index is 1.65. The van der Waals surface area contributed by atoms with E-state index in [4.69, 9.17) is 0 Å². The number of rotatable bonds is 4. The van der Waals surface area contributed by atoms with Crippen LogP contribution in [-0.2, 0) is 0 Å². The number of nitriles is 1. The molecule has 4 aromatic rings. The van der Waals surface area contributed by atoms with Gasteiger partial charge in [0.15, 0.2) is 5.82 Å². The average molecular weight is 371 g/mol. The maximum atomic E-state index is 10.7. The fourth-order valence-electron chi connectivity index (χ4n) is 3.01. The van der Waals surface area contributed by atoms with Crippen molar-refractivity contribution in [3.05, 3.63) is 78.3 Å². The van der Waals surface area contributed by atoms with Crippen molar-refractivity contribution >= 4 is 39.1 Å². The van der Waals surface area contributed by atoms with Crippen LogP contribution >= 0.6 is 11.8 Å². The van der Waals surface area contributed by atoms with Gasteiger partial charge in [0.05, 0.1) is 16.3 Å². The summed E-state index contributed by atoms with van der Waals surface area (Å²) in [6.45, 7) is 1.88. The van der Waals surface area contributed by atoms with E-state index in [1.807, 2.05) is 49.4 Å². The molecule has 3 aromatic carbocycles. The number of hydrogen-bond acceptors (Lipinski definition) is 4. The van der Waals surface area contributed by atoms with Crippen LogP contribution in [0, 0.1) is 11.3 Å². The van der Waals surface area contributed by atoms with Crippen LogP contribution in [0.3, 0.4) is 0 Å². The summed E-state index contributed by atoms with van der Waals surface area (Å²) in [6, 6.07) is 24.0. The molecular formula is C22H17N3OS. The van der Waals surface area contributed by atoms with Crippen LogP contribution in [0.5, 0.6) is 0 Å². The van der Waals surface area contributed by atoms with Crippen LogP contribution in [0.25, 0.3) is 27.4 Å². The third kappa shape index (κ3) is 3.40. The number of H-pyrrole nitrogens is 1. The first kappa shape index (κ1) is 17.2. The first-order valence-electron chi connectivity index (χ1n) is 8.59. The number of fused-ring (bicyclic) bond motifs is 2. The molecule has 0 saturated heterocycles. The summed E-state index contributed by atoms with van der Waals surface area (Å²) in [6.07, 6.45) is 0. The van der Waals surface area contributed by atoms with Crippen molar-refractivity contribution in [2.45, 2.75) is 17.1 Å². The first-order valence-corrected chi connectivity index (χ1v) is 9.47. The maximum absolute atomic E-state index is 10.7. The normalized spacial score (nSPS) is 13.3. The summed E-state index contributed by atoms with van der Waals surface area (Å²) in [7, 11) is 0. The summed E-state index contributed by atoms with van der Waals surface area (Å²) in [5, 5.41) is 22.3. The molecule has 1 heterocycles. The Morgan fingerprint density at radius 3 is 2.59 bits per heavy atom. The molecule has 0 radical (unpaired) electrons. The zero-order valence-corrected chi connectivity index (χ0v) is 15.5. The van der Waals surface area contributed by atoms with E-state index in [0.717, 1.165) is 21.3 Å². The van der Waals surface area contributed by atoms with E-state index in [0.29, 0.717) is 5.82 Å². The number of benzene rings is 3. The molecule has 4 rings (SSSR count). The molecule has 1 atom stereocenters. The standard InChI is InChI=1S/C22H17N3OS/c1-14(27-17-11-10-15-6-2-3-7-16(15)12-17)21(26)18(13-23)22-24-19-8-4-5-9-20(19)25-22/h2-12,14,26H,1H3,(H,24,25)/b21-18-/t14-/m0/s1. The molecule has 0 fully saturated rings. The van der Waals surface area contributed by atoms with Crippen molar-refractivity contribution in [1.29, 1.82) is 5.26 Å². The highest BCUT2D eigenvalue weighted by molar-refractivity contribution is 8.00. The van der Waals surface area contributed by atoms with E-state index >= 15 is 0 Å². The zero-order chi connectivity index (χ0) is 18.8. The fraction of sp³-hybridized carbons (Fsp3) is 0.0909. The molecule has 0 amide bonds. The lowest BCUT2D eigenvalue weighted by atomic mass is 10.1. The molecular weight excluding hydrogens is 354 g/mol. The van der Waals surface area contributed by atoms with Gasteiger partial charge in [0.2, 0.25) is 0 Å². The molecule has 0 unspecified atom stereocenters. The SMILES string of the molecule is C[C@H](Sc1ccc2ccccc2c1)/C(O)=C(\C#N)c1nc2ccccc2[nH]1. The third-order valence-electron chi connectivity index (χ3n) is 4.41. The molecule has 1 aromatic heterocycles. The molecule has 0 aliphatic carbocycles. The van der Waals surface area contributed by atoms with Crippen molar-refractivity contribution in [2.75, 3.05) is 0 Å². The number of aliphatic hydroxyl groups is 1. The van der Waals surface area contributed by atoms with Gasteiger partial charge in [-0.25, -0.2) is 4.98 Å². The lowest BCUT2D eigenvalue weighted by Gasteiger charge is -2.12. The Kier molecular flexibility index (Phi) is 4.57. The van der Waals surface area contributed by atoms with E-state index in [1.54, 1.807) is 0 Å². The molecule has 132 valence electrons. The molecule has 27 heavy (non-hydrogen) atoms. The highest BCUT2D eigenvalue weighted by Crippen LogP contribution is 2.32. The van der Waals surface area contributed by atoms with Gasteiger partial charge in [0.1, 0.15) is 17.4 Å². The van der Waals surface area contributed by atoms with Gasteiger partial charge in [-0.1, -0.05) is 42.5 Å². The van der Waals surface area contributed by atoms with Crippen LogP contribution in [0.1, 0.15) is 12.7 Å². The summed E-state index contributed by atoms with van der Waals surface area (Å²) in [5.74, 6) is 0.414. The Morgan fingerprint density at radius 2 is 1.81 bits per heavy atom. The van der Waals surface area contributed by atoms with Crippen molar-refractivity contribution in [3.8, 4) is 6.07 Å². The average Bonchev–Trinajstić information content (AvgIpc) is 3.12. The number of aliphatic hydroxyl groups excluding tert-OH is 1. The van der Waals surface area contributed by atoms with Gasteiger partial charge in [-0.05, 0) is 42.0 Å². The van der Waals surface area contributed by atoms with Crippen LogP contribution in [0.15, 0.2) is 77.4 Å². The largest absolute Gasteiger partial charge is 0.510 e. The second-order valence-corrected chi connectivity index (χ2v) is 7.66. The van der Waals surface area contributed by atoms with Gasteiger partial charge in [-0.3, -0.25) is 0 Å². The van der Waals surface area contributed by atoms with E-state index in [-0.39, 0.29) is 16.6 Å². The van der Waals surface area contributed by atoms with Gasteiger partial charge in [0, 0.05) is 4.90 Å². The molecule has 0 bridgehead atoms. The quantitative estimate of drug-likeness (QED) is 0.275. The molecule has 2 N–H and O–H groups in total. The smallest absolute Gasteiger partial charge is 0.152 e. The number of thioether (sulfide) groups is 1. The number of imidazole rings is 1. The highest BCUT2D eigenvalue weighted by atomic mass is 32.2. The molecule has 0 spiro atoms. The summed E-state index contributed by atoms with van der Waals surface area (Å²) < 4.78 is 0. The third-order valence-corrected chi connectivity index (χ3v) is 5.52. The van der Waals surface area contributed by atoms with Crippen LogP contribution in [0.2, 0.25) is 0 Å². The number of para-hydroxylation sites is 2. The molecule has 5 heteroatoms. The number of hydrogen-bond donors (Lipinski definition) is 2. The van der Waals surface area contributed by atoms with Gasteiger partial charge < -0.3 is 10.1 Å². The van der Waals surface area contributed by atoms with E-state index in [2.05, 4.69) is 40.3 Å².